The van der Waals surface area contributed by atoms with Crippen LogP contribution in [0.4, 0.5) is 5.69 Å². The molecule has 140 valence electrons. The molecule has 0 spiro atoms. The second kappa shape index (κ2) is 6.85. The summed E-state index contributed by atoms with van der Waals surface area (Å²) in [6.45, 7) is 6.13. The Kier molecular flexibility index (Phi) is 4.90. The third kappa shape index (κ3) is 3.39. The predicted molar refractivity (Wildman–Crippen MR) is 99.4 cm³/mol. The zero-order valence-corrected chi connectivity index (χ0v) is 16.3. The summed E-state index contributed by atoms with van der Waals surface area (Å²) in [7, 11) is -1.87. The number of carbonyl (C=O) groups excluding carboxylic acids is 1. The highest BCUT2D eigenvalue weighted by Gasteiger charge is 2.25. The molecule has 0 radical (unpaired) electrons. The molecule has 1 saturated heterocycles. The lowest BCUT2D eigenvalue weighted by Crippen LogP contribution is -2.28. The number of aryl methyl sites for hydroxylation is 2. The first-order valence-electron chi connectivity index (χ1n) is 8.62. The van der Waals surface area contributed by atoms with Crippen LogP contribution >= 0.6 is 0 Å². The van der Waals surface area contributed by atoms with Gasteiger partial charge in [-0.25, -0.2) is 13.1 Å². The summed E-state index contributed by atoms with van der Waals surface area (Å²) in [6, 6.07) is 4.64. The Hall–Kier alpha value is -2.19. The van der Waals surface area contributed by atoms with E-state index in [-0.39, 0.29) is 10.8 Å². The van der Waals surface area contributed by atoms with Gasteiger partial charge in [-0.3, -0.25) is 9.48 Å². The van der Waals surface area contributed by atoms with E-state index in [1.165, 1.54) is 0 Å². The van der Waals surface area contributed by atoms with Crippen molar-refractivity contribution in [1.29, 1.82) is 0 Å². The van der Waals surface area contributed by atoms with Crippen molar-refractivity contribution in [3.8, 4) is 0 Å². The number of aromatic nitrogens is 2. The summed E-state index contributed by atoms with van der Waals surface area (Å²) in [6.07, 6.45) is 3.06. The molecular weight excluding hydrogens is 352 g/mol. The van der Waals surface area contributed by atoms with E-state index < -0.39 is 16.1 Å². The predicted octanol–water partition coefficient (Wildman–Crippen LogP) is 2.20. The van der Waals surface area contributed by atoms with Crippen molar-refractivity contribution in [2.45, 2.75) is 44.6 Å². The van der Waals surface area contributed by atoms with E-state index in [4.69, 9.17) is 0 Å². The molecule has 0 bridgehead atoms. The van der Waals surface area contributed by atoms with Gasteiger partial charge in [0.05, 0.1) is 11.1 Å². The minimum atomic E-state index is -3.69. The van der Waals surface area contributed by atoms with E-state index in [2.05, 4.69) is 9.82 Å². The fourth-order valence-corrected chi connectivity index (χ4v) is 4.77. The number of amides is 1. The largest absolute Gasteiger partial charge is 0.312 e. The Bertz CT molecular complexity index is 949. The molecule has 2 aromatic rings. The average molecular weight is 376 g/mol. The number of benzene rings is 1. The van der Waals surface area contributed by atoms with Crippen LogP contribution in [0.15, 0.2) is 29.3 Å². The van der Waals surface area contributed by atoms with Gasteiger partial charge in [0, 0.05) is 43.0 Å². The van der Waals surface area contributed by atoms with E-state index in [1.807, 2.05) is 14.0 Å². The van der Waals surface area contributed by atoms with Gasteiger partial charge in [0.2, 0.25) is 15.9 Å². The van der Waals surface area contributed by atoms with Crippen molar-refractivity contribution in [2.75, 3.05) is 11.4 Å². The zero-order valence-electron chi connectivity index (χ0n) is 15.5. The van der Waals surface area contributed by atoms with Gasteiger partial charge in [0.25, 0.3) is 0 Å². The number of hydrogen-bond acceptors (Lipinski definition) is 4. The lowest BCUT2D eigenvalue weighted by atomic mass is 10.1. The molecule has 7 nitrogen and oxygen atoms in total. The number of nitrogens with one attached hydrogen (secondary N) is 1. The second-order valence-corrected chi connectivity index (χ2v) is 8.43. The molecule has 1 N–H and O–H groups in total. The fourth-order valence-electron chi connectivity index (χ4n) is 3.32. The molecule has 2 heterocycles. The average Bonchev–Trinajstić information content (AvgIpc) is 3.13. The van der Waals surface area contributed by atoms with Crippen molar-refractivity contribution >= 4 is 21.6 Å². The molecule has 26 heavy (non-hydrogen) atoms. The molecule has 1 aliphatic heterocycles. The summed E-state index contributed by atoms with van der Waals surface area (Å²) < 4.78 is 30.1. The van der Waals surface area contributed by atoms with Crippen LogP contribution in [-0.4, -0.2) is 30.7 Å². The van der Waals surface area contributed by atoms with E-state index >= 15 is 0 Å². The first-order chi connectivity index (χ1) is 12.2. The molecule has 0 unspecified atom stereocenters. The van der Waals surface area contributed by atoms with E-state index in [1.54, 1.807) is 47.8 Å². The van der Waals surface area contributed by atoms with Crippen molar-refractivity contribution in [3.05, 3.63) is 41.2 Å². The standard InChI is InChI=1S/C18H24N4O3S/c1-12-10-15(22-9-5-6-18(22)23)7-8-17(12)26(24,25)20-13(2)16-11-19-21(4)14(16)3/h7-8,10-11,13,20H,5-6,9H2,1-4H3/t13-/m1/s1. The van der Waals surface area contributed by atoms with Gasteiger partial charge >= 0.3 is 0 Å². The Balaban J connectivity index is 1.85. The molecule has 1 amide bonds. The van der Waals surface area contributed by atoms with Crippen molar-refractivity contribution in [3.63, 3.8) is 0 Å². The highest BCUT2D eigenvalue weighted by atomic mass is 32.2. The molecule has 1 fully saturated rings. The monoisotopic (exact) mass is 376 g/mol. The number of nitrogens with zero attached hydrogens (tertiary/aromatic N) is 3. The smallest absolute Gasteiger partial charge is 0.241 e. The maximum Gasteiger partial charge on any atom is 0.241 e. The minimum Gasteiger partial charge on any atom is -0.312 e. The van der Waals surface area contributed by atoms with Gasteiger partial charge in [-0.1, -0.05) is 0 Å². The normalized spacial score (nSPS) is 16.3. The van der Waals surface area contributed by atoms with Gasteiger partial charge < -0.3 is 4.90 Å². The lowest BCUT2D eigenvalue weighted by molar-refractivity contribution is -0.117. The summed E-state index contributed by atoms with van der Waals surface area (Å²) in [4.78, 5) is 13.8. The number of anilines is 1. The lowest BCUT2D eigenvalue weighted by Gasteiger charge is -2.19. The van der Waals surface area contributed by atoms with Crippen LogP contribution in [-0.2, 0) is 21.9 Å². The van der Waals surface area contributed by atoms with Gasteiger partial charge in [0.1, 0.15) is 0 Å². The van der Waals surface area contributed by atoms with Crippen molar-refractivity contribution < 1.29 is 13.2 Å². The molecule has 1 aliphatic rings. The van der Waals surface area contributed by atoms with Crippen LogP contribution in [0.1, 0.15) is 42.6 Å². The van der Waals surface area contributed by atoms with Crippen LogP contribution in [0, 0.1) is 13.8 Å². The van der Waals surface area contributed by atoms with Crippen LogP contribution in [0.25, 0.3) is 0 Å². The van der Waals surface area contributed by atoms with Gasteiger partial charge in [0.15, 0.2) is 0 Å². The van der Waals surface area contributed by atoms with Crippen LogP contribution < -0.4 is 9.62 Å². The van der Waals surface area contributed by atoms with Crippen LogP contribution in [0.3, 0.4) is 0 Å². The van der Waals surface area contributed by atoms with E-state index in [0.717, 1.165) is 23.4 Å². The molecule has 0 saturated carbocycles. The van der Waals surface area contributed by atoms with Crippen molar-refractivity contribution in [2.24, 2.45) is 7.05 Å². The summed E-state index contributed by atoms with van der Waals surface area (Å²) in [5.74, 6) is 0.0822. The molecule has 1 aromatic carbocycles. The minimum absolute atomic E-state index is 0.0822. The van der Waals surface area contributed by atoms with Gasteiger partial charge in [-0.2, -0.15) is 5.10 Å². The Labute approximate surface area is 154 Å². The van der Waals surface area contributed by atoms with Crippen molar-refractivity contribution in [1.82, 2.24) is 14.5 Å². The maximum absolute atomic E-state index is 12.8. The highest BCUT2D eigenvalue weighted by Crippen LogP contribution is 2.27. The number of rotatable bonds is 5. The topological polar surface area (TPSA) is 84.3 Å². The van der Waals surface area contributed by atoms with Crippen LogP contribution in [0.2, 0.25) is 0 Å². The Morgan fingerprint density at radius 1 is 1.27 bits per heavy atom. The summed E-state index contributed by atoms with van der Waals surface area (Å²) >= 11 is 0. The van der Waals surface area contributed by atoms with Gasteiger partial charge in [-0.15, -0.1) is 0 Å². The second-order valence-electron chi connectivity index (χ2n) is 6.75. The summed E-state index contributed by atoms with van der Waals surface area (Å²) in [5, 5.41) is 4.16. The SMILES string of the molecule is Cc1cc(N2CCCC2=O)ccc1S(=O)(=O)N[C@H](C)c1cnn(C)c1C. The molecule has 1 atom stereocenters. The molecule has 0 aliphatic carbocycles. The molecule has 3 rings (SSSR count). The first-order valence-corrected chi connectivity index (χ1v) is 10.1. The zero-order chi connectivity index (χ0) is 19.1. The van der Waals surface area contributed by atoms with Crippen LogP contribution in [0.5, 0.6) is 0 Å². The first kappa shape index (κ1) is 18.6. The number of carbonyl (C=O) groups is 1. The Morgan fingerprint density at radius 3 is 2.54 bits per heavy atom. The third-order valence-corrected chi connectivity index (χ3v) is 6.61. The Morgan fingerprint density at radius 2 is 2.00 bits per heavy atom. The third-order valence-electron chi connectivity index (χ3n) is 4.90. The molecular formula is C18H24N4O3S. The molecule has 8 heteroatoms. The number of sulfonamides is 1. The van der Waals surface area contributed by atoms with Gasteiger partial charge in [-0.05, 0) is 51.0 Å². The summed E-state index contributed by atoms with van der Waals surface area (Å²) in [5.41, 5.74) is 3.12. The highest BCUT2D eigenvalue weighted by molar-refractivity contribution is 7.89. The fraction of sp³-hybridized carbons (Fsp3) is 0.444. The number of hydrogen-bond donors (Lipinski definition) is 1. The van der Waals surface area contributed by atoms with E-state index in [0.29, 0.717) is 18.5 Å². The molecule has 1 aromatic heterocycles. The maximum atomic E-state index is 12.8. The van der Waals surface area contributed by atoms with E-state index in [9.17, 15) is 13.2 Å². The quantitative estimate of drug-likeness (QED) is 0.867.